The molecule has 0 aromatic heterocycles. The zero-order valence-corrected chi connectivity index (χ0v) is 11.9. The van der Waals surface area contributed by atoms with Crippen LogP contribution in [0.25, 0.3) is 0 Å². The van der Waals surface area contributed by atoms with Crippen LogP contribution in [-0.2, 0) is 6.54 Å². The van der Waals surface area contributed by atoms with Gasteiger partial charge < -0.3 is 10.2 Å². The first-order valence-corrected chi connectivity index (χ1v) is 7.03. The summed E-state index contributed by atoms with van der Waals surface area (Å²) in [5, 5.41) is 3.42. The van der Waals surface area contributed by atoms with E-state index in [0.717, 1.165) is 17.7 Å². The quantitative estimate of drug-likeness (QED) is 0.859. The van der Waals surface area contributed by atoms with Gasteiger partial charge in [-0.2, -0.15) is 13.2 Å². The van der Waals surface area contributed by atoms with Gasteiger partial charge in [-0.1, -0.05) is 6.07 Å². The molecular weight excluding hydrogens is 265 g/mol. The Morgan fingerprint density at radius 2 is 2.00 bits per heavy atom. The lowest BCUT2D eigenvalue weighted by Gasteiger charge is -2.25. The maximum absolute atomic E-state index is 12.5. The van der Waals surface area contributed by atoms with Crippen LogP contribution in [-0.4, -0.2) is 25.3 Å². The van der Waals surface area contributed by atoms with E-state index in [1.54, 1.807) is 13.0 Å². The van der Waals surface area contributed by atoms with Crippen molar-refractivity contribution in [1.29, 1.82) is 0 Å². The van der Waals surface area contributed by atoms with E-state index in [2.05, 4.69) is 5.32 Å². The van der Waals surface area contributed by atoms with Gasteiger partial charge in [-0.05, 0) is 49.9 Å². The smallest absolute Gasteiger partial charge is 0.363 e. The first-order valence-electron chi connectivity index (χ1n) is 7.03. The Labute approximate surface area is 118 Å². The molecule has 1 fully saturated rings. The van der Waals surface area contributed by atoms with Crippen LogP contribution in [0.1, 0.15) is 30.9 Å². The molecule has 1 saturated carbocycles. The SMILES string of the molecule is CCN(CC(F)(F)F)c1ccc(CNC2CC2)c(C)c1. The molecular formula is C15H21F3N2. The molecule has 0 spiro atoms. The molecule has 2 nitrogen and oxygen atoms in total. The molecule has 1 N–H and O–H groups in total. The predicted octanol–water partition coefficient (Wildman–Crippen LogP) is 3.64. The molecule has 0 radical (unpaired) electrons. The molecule has 2 rings (SSSR count). The summed E-state index contributed by atoms with van der Waals surface area (Å²) in [5.74, 6) is 0. The van der Waals surface area contributed by atoms with E-state index in [4.69, 9.17) is 0 Å². The molecule has 1 aliphatic rings. The van der Waals surface area contributed by atoms with E-state index < -0.39 is 12.7 Å². The van der Waals surface area contributed by atoms with Gasteiger partial charge in [-0.15, -0.1) is 0 Å². The lowest BCUT2D eigenvalue weighted by Crippen LogP contribution is -2.34. The van der Waals surface area contributed by atoms with E-state index >= 15 is 0 Å². The van der Waals surface area contributed by atoms with E-state index in [1.165, 1.54) is 17.7 Å². The average Bonchev–Trinajstić information content (AvgIpc) is 3.17. The number of nitrogens with one attached hydrogen (secondary N) is 1. The predicted molar refractivity (Wildman–Crippen MR) is 75.0 cm³/mol. The fourth-order valence-corrected chi connectivity index (χ4v) is 2.22. The van der Waals surface area contributed by atoms with E-state index in [9.17, 15) is 13.2 Å². The number of hydrogen-bond donors (Lipinski definition) is 1. The van der Waals surface area contributed by atoms with Crippen molar-refractivity contribution in [3.8, 4) is 0 Å². The number of anilines is 1. The Bertz CT molecular complexity index is 453. The van der Waals surface area contributed by atoms with Crippen molar-refractivity contribution in [1.82, 2.24) is 5.32 Å². The minimum absolute atomic E-state index is 0.346. The van der Waals surface area contributed by atoms with Crippen molar-refractivity contribution in [3.63, 3.8) is 0 Å². The summed E-state index contributed by atoms with van der Waals surface area (Å²) < 4.78 is 37.6. The fourth-order valence-electron chi connectivity index (χ4n) is 2.22. The van der Waals surface area contributed by atoms with Gasteiger partial charge in [-0.25, -0.2) is 0 Å². The third-order valence-electron chi connectivity index (χ3n) is 3.60. The number of hydrogen-bond acceptors (Lipinski definition) is 2. The topological polar surface area (TPSA) is 15.3 Å². The summed E-state index contributed by atoms with van der Waals surface area (Å²) in [6.07, 6.45) is -1.71. The molecule has 1 aromatic rings. The average molecular weight is 286 g/mol. The van der Waals surface area contributed by atoms with Crippen molar-refractivity contribution < 1.29 is 13.2 Å². The standard InChI is InChI=1S/C15H21F3N2/c1-3-20(10-15(16,17)18)14-7-4-12(11(2)8-14)9-19-13-5-6-13/h4,7-8,13,19H,3,5-6,9-10H2,1-2H3. The molecule has 0 atom stereocenters. The second-order valence-corrected chi connectivity index (χ2v) is 5.40. The van der Waals surface area contributed by atoms with Crippen molar-refractivity contribution >= 4 is 5.69 Å². The molecule has 0 aliphatic heterocycles. The van der Waals surface area contributed by atoms with Crippen LogP contribution in [0.3, 0.4) is 0 Å². The Hall–Kier alpha value is -1.23. The van der Waals surface area contributed by atoms with E-state index in [0.29, 0.717) is 18.3 Å². The molecule has 0 bridgehead atoms. The first-order chi connectivity index (χ1) is 9.39. The van der Waals surface area contributed by atoms with Gasteiger partial charge in [0.2, 0.25) is 0 Å². The summed E-state index contributed by atoms with van der Waals surface area (Å²) in [5.41, 5.74) is 2.83. The van der Waals surface area contributed by atoms with Crippen LogP contribution in [0.2, 0.25) is 0 Å². The fraction of sp³-hybridized carbons (Fsp3) is 0.600. The lowest BCUT2D eigenvalue weighted by atomic mass is 10.1. The molecule has 1 aromatic carbocycles. The molecule has 20 heavy (non-hydrogen) atoms. The summed E-state index contributed by atoms with van der Waals surface area (Å²) in [6, 6.07) is 6.19. The van der Waals surface area contributed by atoms with Crippen LogP contribution < -0.4 is 10.2 Å². The zero-order chi connectivity index (χ0) is 14.8. The number of aryl methyl sites for hydroxylation is 1. The number of alkyl halides is 3. The second kappa shape index (κ2) is 6.04. The van der Waals surface area contributed by atoms with E-state index in [1.807, 2.05) is 19.1 Å². The molecule has 0 unspecified atom stereocenters. The summed E-state index contributed by atoms with van der Waals surface area (Å²) in [6.45, 7) is 3.93. The highest BCUT2D eigenvalue weighted by atomic mass is 19.4. The zero-order valence-electron chi connectivity index (χ0n) is 11.9. The summed E-state index contributed by atoms with van der Waals surface area (Å²) in [4.78, 5) is 1.35. The van der Waals surface area contributed by atoms with Gasteiger partial charge in [-0.3, -0.25) is 0 Å². The molecule has 0 amide bonds. The third-order valence-corrected chi connectivity index (χ3v) is 3.60. The summed E-state index contributed by atoms with van der Waals surface area (Å²) >= 11 is 0. The maximum Gasteiger partial charge on any atom is 0.405 e. The normalized spacial score (nSPS) is 15.4. The Balaban J connectivity index is 2.05. The maximum atomic E-state index is 12.5. The van der Waals surface area contributed by atoms with Gasteiger partial charge in [0.05, 0.1) is 0 Å². The van der Waals surface area contributed by atoms with Gasteiger partial charge in [0.1, 0.15) is 6.54 Å². The van der Waals surface area contributed by atoms with Crippen LogP contribution in [0.4, 0.5) is 18.9 Å². The molecule has 0 saturated heterocycles. The van der Waals surface area contributed by atoms with Crippen LogP contribution >= 0.6 is 0 Å². The molecule has 5 heteroatoms. The Morgan fingerprint density at radius 1 is 1.30 bits per heavy atom. The highest BCUT2D eigenvalue weighted by Crippen LogP contribution is 2.25. The van der Waals surface area contributed by atoms with Crippen molar-refractivity contribution in [3.05, 3.63) is 29.3 Å². The van der Waals surface area contributed by atoms with Gasteiger partial charge >= 0.3 is 6.18 Å². The van der Waals surface area contributed by atoms with Gasteiger partial charge in [0.15, 0.2) is 0 Å². The van der Waals surface area contributed by atoms with Crippen molar-refractivity contribution in [2.75, 3.05) is 18.0 Å². The van der Waals surface area contributed by atoms with Crippen LogP contribution in [0.15, 0.2) is 18.2 Å². The van der Waals surface area contributed by atoms with Crippen LogP contribution in [0.5, 0.6) is 0 Å². The van der Waals surface area contributed by atoms with Crippen molar-refractivity contribution in [2.45, 2.75) is 45.5 Å². The number of halogens is 3. The first kappa shape index (κ1) is 15.2. The number of rotatable bonds is 6. The van der Waals surface area contributed by atoms with E-state index in [-0.39, 0.29) is 0 Å². The Kier molecular flexibility index (Phi) is 4.58. The second-order valence-electron chi connectivity index (χ2n) is 5.40. The minimum Gasteiger partial charge on any atom is -0.363 e. The number of nitrogens with zero attached hydrogens (tertiary/aromatic N) is 1. The number of benzene rings is 1. The van der Waals surface area contributed by atoms with Crippen molar-refractivity contribution in [2.24, 2.45) is 0 Å². The highest BCUT2D eigenvalue weighted by Gasteiger charge is 2.30. The van der Waals surface area contributed by atoms with Gasteiger partial charge in [0.25, 0.3) is 0 Å². The minimum atomic E-state index is -4.17. The Morgan fingerprint density at radius 3 is 2.50 bits per heavy atom. The monoisotopic (exact) mass is 286 g/mol. The van der Waals surface area contributed by atoms with Gasteiger partial charge in [0, 0.05) is 24.8 Å². The highest BCUT2D eigenvalue weighted by molar-refractivity contribution is 5.51. The largest absolute Gasteiger partial charge is 0.405 e. The van der Waals surface area contributed by atoms with Crippen LogP contribution in [0, 0.1) is 6.92 Å². The third kappa shape index (κ3) is 4.40. The molecule has 1 aliphatic carbocycles. The molecule has 112 valence electrons. The molecule has 0 heterocycles. The lowest BCUT2D eigenvalue weighted by molar-refractivity contribution is -0.119. The summed E-state index contributed by atoms with van der Waals surface area (Å²) in [7, 11) is 0.